The van der Waals surface area contributed by atoms with E-state index >= 15 is 0 Å². The number of hydrogen-bond acceptors (Lipinski definition) is 4. The molecule has 29 heavy (non-hydrogen) atoms. The minimum atomic E-state index is -0.726. The van der Waals surface area contributed by atoms with Crippen LogP contribution in [0.1, 0.15) is 50.5 Å². The summed E-state index contributed by atoms with van der Waals surface area (Å²) in [5.74, 6) is 1.00. The summed E-state index contributed by atoms with van der Waals surface area (Å²) < 4.78 is 5.30. The number of hydroxylamine groups is 3. The second-order valence-corrected chi connectivity index (χ2v) is 9.23. The van der Waals surface area contributed by atoms with Gasteiger partial charge in [-0.3, -0.25) is 9.69 Å². The van der Waals surface area contributed by atoms with Crippen molar-refractivity contribution in [3.63, 3.8) is 0 Å². The van der Waals surface area contributed by atoms with Gasteiger partial charge in [-0.15, -0.1) is 0 Å². The third-order valence-corrected chi connectivity index (χ3v) is 7.52. The number of hydrogen-bond donors (Lipinski definition) is 1. The minimum Gasteiger partial charge on any atom is -0.633 e. The number of carboxylic acid groups (broad SMARTS) is 1. The van der Waals surface area contributed by atoms with E-state index in [-0.39, 0.29) is 17.1 Å². The maximum absolute atomic E-state index is 13.6. The van der Waals surface area contributed by atoms with Crippen molar-refractivity contribution in [2.24, 2.45) is 11.8 Å². The Morgan fingerprint density at radius 3 is 2.66 bits per heavy atom. The number of methoxy groups -OCH3 is 1. The van der Waals surface area contributed by atoms with E-state index in [4.69, 9.17) is 9.84 Å². The molecule has 1 aromatic rings. The Kier molecular flexibility index (Phi) is 6.13. The highest BCUT2D eigenvalue weighted by atomic mass is 16.5. The smallest absolute Gasteiger partial charge is 0.303 e. The van der Waals surface area contributed by atoms with Crippen LogP contribution in [0.25, 0.3) is 0 Å². The quantitative estimate of drug-likeness (QED) is 0.557. The molecule has 1 unspecified atom stereocenters. The Labute approximate surface area is 173 Å². The molecule has 1 aromatic carbocycles. The van der Waals surface area contributed by atoms with Crippen molar-refractivity contribution in [2.75, 3.05) is 26.7 Å². The summed E-state index contributed by atoms with van der Waals surface area (Å²) in [5.41, 5.74) is 1.25. The first kappa shape index (κ1) is 20.6. The number of carboxylic acids is 1. The molecule has 5 atom stereocenters. The number of piperidine rings is 3. The molecule has 3 aliphatic heterocycles. The maximum atomic E-state index is 13.6. The molecule has 6 nitrogen and oxygen atoms in total. The Morgan fingerprint density at radius 2 is 1.97 bits per heavy atom. The first-order chi connectivity index (χ1) is 14.0. The van der Waals surface area contributed by atoms with Crippen molar-refractivity contribution in [1.82, 2.24) is 4.90 Å². The monoisotopic (exact) mass is 402 g/mol. The Balaban J connectivity index is 1.56. The molecule has 4 rings (SSSR count). The lowest BCUT2D eigenvalue weighted by molar-refractivity contribution is -0.926. The largest absolute Gasteiger partial charge is 0.633 e. The highest BCUT2D eigenvalue weighted by Crippen LogP contribution is 2.47. The molecule has 3 saturated heterocycles. The van der Waals surface area contributed by atoms with Crippen LogP contribution < -0.4 is 4.74 Å². The zero-order chi connectivity index (χ0) is 20.4. The SMILES string of the molecule is COc1ccc(CN2C[C@@H]3CCC[N+]4([O-])CCC[C@@H]([C@H]34)[C@H]2CCCC(=O)O)cc1. The van der Waals surface area contributed by atoms with Crippen molar-refractivity contribution < 1.29 is 19.3 Å². The summed E-state index contributed by atoms with van der Waals surface area (Å²) >= 11 is 0. The van der Waals surface area contributed by atoms with Gasteiger partial charge in [-0.2, -0.15) is 0 Å². The lowest BCUT2D eigenvalue weighted by Gasteiger charge is -2.64. The molecule has 0 amide bonds. The molecule has 3 heterocycles. The van der Waals surface area contributed by atoms with E-state index in [9.17, 15) is 10.0 Å². The Morgan fingerprint density at radius 1 is 1.24 bits per heavy atom. The van der Waals surface area contributed by atoms with Crippen LogP contribution in [-0.4, -0.2) is 59.4 Å². The predicted molar refractivity (Wildman–Crippen MR) is 111 cm³/mol. The number of likely N-dealkylation sites (tertiary alicyclic amines) is 1. The van der Waals surface area contributed by atoms with Gasteiger partial charge in [-0.25, -0.2) is 0 Å². The number of aliphatic carboxylic acids is 1. The van der Waals surface area contributed by atoms with E-state index in [0.717, 1.165) is 64.0 Å². The van der Waals surface area contributed by atoms with E-state index in [1.54, 1.807) is 7.11 Å². The van der Waals surface area contributed by atoms with Crippen molar-refractivity contribution in [2.45, 2.75) is 63.6 Å². The van der Waals surface area contributed by atoms with Crippen LogP contribution in [0.3, 0.4) is 0 Å². The van der Waals surface area contributed by atoms with Crippen molar-refractivity contribution in [3.05, 3.63) is 35.0 Å². The van der Waals surface area contributed by atoms with Crippen LogP contribution in [0.2, 0.25) is 0 Å². The normalized spacial score (nSPS) is 34.4. The first-order valence-corrected chi connectivity index (χ1v) is 11.2. The third-order valence-electron chi connectivity index (χ3n) is 7.52. The number of benzene rings is 1. The molecule has 0 radical (unpaired) electrons. The van der Waals surface area contributed by atoms with Crippen LogP contribution in [0.15, 0.2) is 24.3 Å². The van der Waals surface area contributed by atoms with Gasteiger partial charge in [0, 0.05) is 37.4 Å². The molecule has 0 bridgehead atoms. The number of nitrogens with zero attached hydrogens (tertiary/aromatic N) is 2. The fourth-order valence-electron chi connectivity index (χ4n) is 6.38. The number of rotatable bonds is 7. The standard InChI is InChI=1S/C23H34N2O4/c1-29-19-11-9-17(10-12-19)15-24-16-18-5-3-13-25(28)14-4-6-20(23(18)25)21(24)7-2-8-22(26)27/h9-12,18,20-21,23H,2-8,13-16H2,1H3,(H,26,27)/t18-,20+,21+,23-,25?/m0/s1. The van der Waals surface area contributed by atoms with Gasteiger partial charge < -0.3 is 19.7 Å². The van der Waals surface area contributed by atoms with Gasteiger partial charge in [-0.1, -0.05) is 12.1 Å². The third kappa shape index (κ3) is 4.30. The summed E-state index contributed by atoms with van der Waals surface area (Å²) in [6, 6.07) is 8.77. The van der Waals surface area contributed by atoms with Crippen molar-refractivity contribution in [3.8, 4) is 5.75 Å². The molecule has 0 aromatic heterocycles. The van der Waals surface area contributed by atoms with Crippen LogP contribution >= 0.6 is 0 Å². The molecular weight excluding hydrogens is 368 g/mol. The highest BCUT2D eigenvalue weighted by Gasteiger charge is 2.53. The zero-order valence-corrected chi connectivity index (χ0v) is 17.5. The van der Waals surface area contributed by atoms with Crippen LogP contribution in [-0.2, 0) is 11.3 Å². The van der Waals surface area contributed by atoms with E-state index in [2.05, 4.69) is 17.0 Å². The summed E-state index contributed by atoms with van der Waals surface area (Å²) in [6.45, 7) is 3.38. The van der Waals surface area contributed by atoms with Gasteiger partial charge in [0.15, 0.2) is 0 Å². The van der Waals surface area contributed by atoms with E-state index in [0.29, 0.717) is 24.3 Å². The van der Waals surface area contributed by atoms with Gasteiger partial charge in [0.1, 0.15) is 5.75 Å². The van der Waals surface area contributed by atoms with E-state index in [1.165, 1.54) is 5.56 Å². The van der Waals surface area contributed by atoms with Crippen LogP contribution in [0.5, 0.6) is 5.75 Å². The van der Waals surface area contributed by atoms with Crippen LogP contribution in [0, 0.1) is 17.0 Å². The van der Waals surface area contributed by atoms with E-state index < -0.39 is 5.97 Å². The second kappa shape index (κ2) is 8.62. The molecule has 3 fully saturated rings. The summed E-state index contributed by atoms with van der Waals surface area (Å²) in [6.07, 6.45) is 6.08. The molecule has 1 N–H and O–H groups in total. The van der Waals surface area contributed by atoms with E-state index in [1.807, 2.05) is 12.1 Å². The van der Waals surface area contributed by atoms with Gasteiger partial charge in [0.25, 0.3) is 0 Å². The lowest BCUT2D eigenvalue weighted by Crippen LogP contribution is -2.70. The number of quaternary nitrogens is 1. The number of ether oxygens (including phenoxy) is 1. The summed E-state index contributed by atoms with van der Waals surface area (Å²) in [5, 5.41) is 22.7. The average molecular weight is 403 g/mol. The highest BCUT2D eigenvalue weighted by molar-refractivity contribution is 5.66. The van der Waals surface area contributed by atoms with Gasteiger partial charge in [0.2, 0.25) is 0 Å². The van der Waals surface area contributed by atoms with Crippen molar-refractivity contribution >= 4 is 5.97 Å². The summed E-state index contributed by atoms with van der Waals surface area (Å²) in [4.78, 5) is 13.7. The fourth-order valence-corrected chi connectivity index (χ4v) is 6.38. The van der Waals surface area contributed by atoms with Crippen molar-refractivity contribution in [1.29, 1.82) is 0 Å². The van der Waals surface area contributed by atoms with Gasteiger partial charge in [-0.05, 0) is 56.2 Å². The predicted octanol–water partition coefficient (Wildman–Crippen LogP) is 3.64. The molecule has 0 spiro atoms. The molecular formula is C23H34N2O4. The van der Waals surface area contributed by atoms with Gasteiger partial charge >= 0.3 is 5.97 Å². The van der Waals surface area contributed by atoms with Crippen LogP contribution in [0.4, 0.5) is 0 Å². The Bertz CT molecular complexity index is 705. The molecule has 160 valence electrons. The summed E-state index contributed by atoms with van der Waals surface area (Å²) in [7, 11) is 1.68. The molecule has 6 heteroatoms. The maximum Gasteiger partial charge on any atom is 0.303 e. The fraction of sp³-hybridized carbons (Fsp3) is 0.696. The first-order valence-electron chi connectivity index (χ1n) is 11.2. The molecule has 3 aliphatic rings. The number of carbonyl (C=O) groups is 1. The molecule has 0 saturated carbocycles. The molecule has 0 aliphatic carbocycles. The Hall–Kier alpha value is -1.63. The minimum absolute atomic E-state index is 0.0150. The lowest BCUT2D eigenvalue weighted by atomic mass is 9.68. The topological polar surface area (TPSA) is 72.8 Å². The second-order valence-electron chi connectivity index (χ2n) is 9.23. The van der Waals surface area contributed by atoms with Gasteiger partial charge in [0.05, 0.1) is 26.2 Å². The average Bonchev–Trinajstić information content (AvgIpc) is 2.70. The zero-order valence-electron chi connectivity index (χ0n) is 17.5.